The van der Waals surface area contributed by atoms with Crippen molar-refractivity contribution < 1.29 is 80.2 Å². The molecular weight excluding hydrogens is 1280 g/mol. The van der Waals surface area contributed by atoms with Crippen molar-refractivity contribution in [1.29, 1.82) is 0 Å². The average Bonchev–Trinajstić information content (AvgIpc) is 0.966. The van der Waals surface area contributed by atoms with Crippen LogP contribution in [0.5, 0.6) is 0 Å². The number of rotatable bonds is 74. The Morgan fingerprint density at radius 2 is 0.531 bits per heavy atom. The molecule has 0 aliphatic rings. The van der Waals surface area contributed by atoms with Gasteiger partial charge in [-0.05, 0) is 96.3 Å². The third-order valence-electron chi connectivity index (χ3n) is 16.7. The van der Waals surface area contributed by atoms with E-state index in [0.29, 0.717) is 25.7 Å². The highest BCUT2D eigenvalue weighted by molar-refractivity contribution is 7.47. The Labute approximate surface area is 596 Å². The summed E-state index contributed by atoms with van der Waals surface area (Å²) in [7, 11) is -9.94. The van der Waals surface area contributed by atoms with E-state index >= 15 is 0 Å². The number of hydrogen-bond donors (Lipinski definition) is 3. The molecule has 0 aliphatic heterocycles. The Balaban J connectivity index is 5.33. The smallest absolute Gasteiger partial charge is 0.462 e. The first kappa shape index (κ1) is 94.5. The van der Waals surface area contributed by atoms with Crippen LogP contribution in [0, 0.1) is 0 Å². The van der Waals surface area contributed by atoms with Gasteiger partial charge in [0.05, 0.1) is 26.4 Å². The zero-order chi connectivity index (χ0) is 71.8. The van der Waals surface area contributed by atoms with E-state index in [1.165, 1.54) is 135 Å². The fourth-order valence-corrected chi connectivity index (χ4v) is 12.3. The fraction of sp³-hybridized carbons (Fsp3) is 0.797. The number of carbonyl (C=O) groups excluding carboxylic acids is 4. The third kappa shape index (κ3) is 70.9. The lowest BCUT2D eigenvalue weighted by molar-refractivity contribution is -0.161. The zero-order valence-corrected chi connectivity index (χ0v) is 64.0. The molecule has 0 bridgehead atoms. The van der Waals surface area contributed by atoms with Gasteiger partial charge >= 0.3 is 39.5 Å². The molecule has 570 valence electrons. The van der Waals surface area contributed by atoms with Crippen molar-refractivity contribution in [3.05, 3.63) is 72.9 Å². The lowest BCUT2D eigenvalue weighted by Gasteiger charge is -2.21. The summed E-state index contributed by atoms with van der Waals surface area (Å²) in [5.41, 5.74) is 0. The van der Waals surface area contributed by atoms with Crippen molar-refractivity contribution >= 4 is 39.5 Å². The molecule has 0 aliphatic carbocycles. The molecule has 0 aromatic carbocycles. The number of aliphatic hydroxyl groups excluding tert-OH is 1. The van der Waals surface area contributed by atoms with E-state index in [9.17, 15) is 43.2 Å². The Morgan fingerprint density at radius 1 is 0.296 bits per heavy atom. The molecular formula is C79H142O17P2. The standard InChI is InChI=1S/C79H142O17P2/c1-5-9-13-17-21-25-29-33-34-35-36-37-38-42-44-48-52-56-60-64-77(82)90-70-75(96-79(84)66-62-58-54-50-46-41-32-28-24-20-16-12-8-4)72-94-98(87,88)92-68-73(80)67-91-97(85,86)93-71-74(95-78(83)65-61-57-53-49-45-40-31-27-23-19-15-11-7-3)69-89-76(81)63-59-55-51-47-43-39-30-26-22-18-14-10-6-2/h9,13,21,25,28,32-34,36-37,42,44,73-75,80H,5-8,10-12,14-20,22-24,26-27,29-31,35,38-41,43,45-72H2,1-4H3,(H,85,86)(H,87,88)/b13-9-,25-21-,32-28-,34-33-,37-36-,44-42-/t73-,74+,75+/m0/s1. The molecule has 0 rings (SSSR count). The van der Waals surface area contributed by atoms with Gasteiger partial charge in [0.1, 0.15) is 19.3 Å². The van der Waals surface area contributed by atoms with E-state index in [1.54, 1.807) is 0 Å². The summed E-state index contributed by atoms with van der Waals surface area (Å²) in [5, 5.41) is 10.6. The molecule has 0 fully saturated rings. The molecule has 98 heavy (non-hydrogen) atoms. The van der Waals surface area contributed by atoms with E-state index in [-0.39, 0.29) is 25.7 Å². The lowest BCUT2D eigenvalue weighted by Crippen LogP contribution is -2.30. The number of esters is 4. The number of hydrogen-bond acceptors (Lipinski definition) is 15. The third-order valence-corrected chi connectivity index (χ3v) is 18.6. The SMILES string of the molecule is CC/C=C\C/C=C\C/C=C\C/C=C\C/C=C\CCCCCC(=O)OC[C@H](COP(=O)(O)OC[C@@H](O)COP(=O)(O)OC[C@@H](COC(=O)CCCCCCCCCCCCCCC)OC(=O)CCCCCCCCCCCCCCC)OC(=O)CCCCCCC/C=C\CCCCCC. The van der Waals surface area contributed by atoms with Crippen molar-refractivity contribution in [2.75, 3.05) is 39.6 Å². The van der Waals surface area contributed by atoms with Crippen LogP contribution in [-0.2, 0) is 65.4 Å². The minimum Gasteiger partial charge on any atom is -0.462 e. The molecule has 0 heterocycles. The molecule has 0 aromatic heterocycles. The van der Waals surface area contributed by atoms with Gasteiger partial charge in [0.15, 0.2) is 12.2 Å². The molecule has 0 saturated carbocycles. The number of phosphoric ester groups is 2. The van der Waals surface area contributed by atoms with Crippen LogP contribution in [0.3, 0.4) is 0 Å². The predicted octanol–water partition coefficient (Wildman–Crippen LogP) is 22.4. The summed E-state index contributed by atoms with van der Waals surface area (Å²) in [4.78, 5) is 72.9. The topological polar surface area (TPSA) is 237 Å². The molecule has 0 aromatic rings. The maximum absolute atomic E-state index is 13.1. The van der Waals surface area contributed by atoms with Crippen molar-refractivity contribution in [3.8, 4) is 0 Å². The van der Waals surface area contributed by atoms with Crippen LogP contribution in [0.2, 0.25) is 0 Å². The predicted molar refractivity (Wildman–Crippen MR) is 400 cm³/mol. The molecule has 0 amide bonds. The maximum atomic E-state index is 13.1. The first-order chi connectivity index (χ1) is 47.7. The summed E-state index contributed by atoms with van der Waals surface area (Å²) >= 11 is 0. The second-order valence-electron chi connectivity index (χ2n) is 26.3. The van der Waals surface area contributed by atoms with Gasteiger partial charge in [-0.1, -0.05) is 300 Å². The quantitative estimate of drug-likeness (QED) is 0.0169. The number of ether oxygens (including phenoxy) is 4. The monoisotopic (exact) mass is 1420 g/mol. The van der Waals surface area contributed by atoms with Crippen LogP contribution < -0.4 is 0 Å². The van der Waals surface area contributed by atoms with Gasteiger partial charge in [-0.3, -0.25) is 37.3 Å². The number of unbranched alkanes of at least 4 members (excludes halogenated alkanes) is 36. The molecule has 19 heteroatoms. The van der Waals surface area contributed by atoms with Crippen LogP contribution in [0.15, 0.2) is 72.9 Å². The molecule has 0 saturated heterocycles. The van der Waals surface area contributed by atoms with Crippen molar-refractivity contribution in [2.45, 2.75) is 367 Å². The van der Waals surface area contributed by atoms with Crippen molar-refractivity contribution in [2.24, 2.45) is 0 Å². The van der Waals surface area contributed by atoms with Gasteiger partial charge in [-0.25, -0.2) is 9.13 Å². The highest BCUT2D eigenvalue weighted by Gasteiger charge is 2.30. The lowest BCUT2D eigenvalue weighted by atomic mass is 10.0. The minimum atomic E-state index is -4.98. The molecule has 3 N–H and O–H groups in total. The molecule has 2 unspecified atom stereocenters. The highest BCUT2D eigenvalue weighted by Crippen LogP contribution is 2.45. The van der Waals surface area contributed by atoms with Crippen LogP contribution in [0.1, 0.15) is 349 Å². The first-order valence-electron chi connectivity index (χ1n) is 39.2. The maximum Gasteiger partial charge on any atom is 0.472 e. The van der Waals surface area contributed by atoms with Gasteiger partial charge < -0.3 is 33.8 Å². The second-order valence-corrected chi connectivity index (χ2v) is 29.2. The number of carbonyl (C=O) groups is 4. The van der Waals surface area contributed by atoms with E-state index in [4.69, 9.17) is 37.0 Å². The first-order valence-corrected chi connectivity index (χ1v) is 42.2. The summed E-state index contributed by atoms with van der Waals surface area (Å²) in [6.45, 7) is 4.75. The van der Waals surface area contributed by atoms with Gasteiger partial charge in [0.25, 0.3) is 0 Å². The van der Waals surface area contributed by atoms with Crippen molar-refractivity contribution in [3.63, 3.8) is 0 Å². The fourth-order valence-electron chi connectivity index (χ4n) is 10.7. The second kappa shape index (κ2) is 71.9. The van der Waals surface area contributed by atoms with E-state index in [2.05, 4.69) is 101 Å². The number of allylic oxidation sites excluding steroid dienone is 12. The zero-order valence-electron chi connectivity index (χ0n) is 62.2. The van der Waals surface area contributed by atoms with E-state index in [0.717, 1.165) is 135 Å². The number of aliphatic hydroxyl groups is 1. The van der Waals surface area contributed by atoms with Crippen molar-refractivity contribution in [1.82, 2.24) is 0 Å². The largest absolute Gasteiger partial charge is 0.472 e. The molecule has 0 spiro atoms. The molecule has 0 radical (unpaired) electrons. The van der Waals surface area contributed by atoms with Gasteiger partial charge in [0.2, 0.25) is 0 Å². The Hall–Kier alpha value is -3.50. The van der Waals surface area contributed by atoms with Gasteiger partial charge in [-0.15, -0.1) is 0 Å². The summed E-state index contributed by atoms with van der Waals surface area (Å²) in [5.74, 6) is -2.19. The summed E-state index contributed by atoms with van der Waals surface area (Å²) in [6.07, 6.45) is 71.7. The summed E-state index contributed by atoms with van der Waals surface area (Å²) in [6, 6.07) is 0. The Morgan fingerprint density at radius 3 is 0.847 bits per heavy atom. The summed E-state index contributed by atoms with van der Waals surface area (Å²) < 4.78 is 68.5. The minimum absolute atomic E-state index is 0.0796. The Bertz CT molecular complexity index is 2140. The van der Waals surface area contributed by atoms with Crippen LogP contribution in [-0.4, -0.2) is 96.7 Å². The van der Waals surface area contributed by atoms with E-state index in [1.807, 2.05) is 0 Å². The van der Waals surface area contributed by atoms with E-state index < -0.39 is 97.5 Å². The molecule has 5 atom stereocenters. The number of phosphoric acid groups is 2. The average molecular weight is 1430 g/mol. The Kier molecular flexibility index (Phi) is 69.3. The van der Waals surface area contributed by atoms with Crippen LogP contribution in [0.25, 0.3) is 0 Å². The van der Waals surface area contributed by atoms with Gasteiger partial charge in [0, 0.05) is 25.7 Å². The highest BCUT2D eigenvalue weighted by atomic mass is 31.2. The van der Waals surface area contributed by atoms with Gasteiger partial charge in [-0.2, -0.15) is 0 Å². The van der Waals surface area contributed by atoms with Crippen LogP contribution >= 0.6 is 15.6 Å². The molecule has 17 nitrogen and oxygen atoms in total. The normalized spacial score (nSPS) is 14.3. The van der Waals surface area contributed by atoms with Crippen LogP contribution in [0.4, 0.5) is 0 Å².